The van der Waals surface area contributed by atoms with Crippen molar-refractivity contribution in [1.29, 1.82) is 0 Å². The normalized spacial score (nSPS) is 15.0. The number of thiophene rings is 1. The van der Waals surface area contributed by atoms with Gasteiger partial charge in [-0.05, 0) is 44.0 Å². The molecule has 146 valence electrons. The largest absolute Gasteiger partial charge is 0.450 e. The van der Waals surface area contributed by atoms with Crippen molar-refractivity contribution in [2.75, 3.05) is 19.7 Å². The fourth-order valence-electron chi connectivity index (χ4n) is 3.49. The van der Waals surface area contributed by atoms with Gasteiger partial charge in [0, 0.05) is 43.1 Å². The minimum absolute atomic E-state index is 0.0360. The molecule has 1 aliphatic rings. The predicted molar refractivity (Wildman–Crippen MR) is 108 cm³/mol. The maximum Gasteiger partial charge on any atom is 0.409 e. The molecule has 0 saturated carbocycles. The lowest BCUT2D eigenvalue weighted by Gasteiger charge is -2.31. The summed E-state index contributed by atoms with van der Waals surface area (Å²) in [6.45, 7) is 3.34. The van der Waals surface area contributed by atoms with Crippen LogP contribution in [0.1, 0.15) is 29.4 Å². The Morgan fingerprint density at radius 2 is 2.00 bits per heavy atom. The second-order valence-electron chi connectivity index (χ2n) is 6.66. The Kier molecular flexibility index (Phi) is 5.29. The average Bonchev–Trinajstić information content (AvgIpc) is 3.36. The first-order valence-corrected chi connectivity index (χ1v) is 10.2. The summed E-state index contributed by atoms with van der Waals surface area (Å²) in [6.07, 6.45) is 6.76. The number of aromatic nitrogens is 2. The number of likely N-dealkylation sites (tertiary alicyclic amines) is 1. The summed E-state index contributed by atoms with van der Waals surface area (Å²) < 4.78 is 7.01. The van der Waals surface area contributed by atoms with Gasteiger partial charge in [-0.25, -0.2) is 9.78 Å². The monoisotopic (exact) mass is 398 g/mol. The van der Waals surface area contributed by atoms with Crippen molar-refractivity contribution >= 4 is 33.6 Å². The van der Waals surface area contributed by atoms with Crippen LogP contribution >= 0.6 is 11.3 Å². The van der Waals surface area contributed by atoms with Crippen LogP contribution in [-0.2, 0) is 4.74 Å². The first-order valence-electron chi connectivity index (χ1n) is 9.40. The SMILES string of the molecule is CCOC(=O)N1CCC(NC(=O)c2sc3ncccc3c2-n2cccc2)CC1. The van der Waals surface area contributed by atoms with Gasteiger partial charge in [0.1, 0.15) is 9.71 Å². The highest BCUT2D eigenvalue weighted by Crippen LogP contribution is 2.33. The van der Waals surface area contributed by atoms with Crippen molar-refractivity contribution in [2.24, 2.45) is 0 Å². The summed E-state index contributed by atoms with van der Waals surface area (Å²) in [5, 5.41) is 4.11. The van der Waals surface area contributed by atoms with Gasteiger partial charge in [-0.2, -0.15) is 0 Å². The molecule has 4 rings (SSSR count). The topological polar surface area (TPSA) is 76.5 Å². The van der Waals surface area contributed by atoms with Gasteiger partial charge in [0.2, 0.25) is 0 Å². The van der Waals surface area contributed by atoms with E-state index in [1.54, 1.807) is 18.0 Å². The summed E-state index contributed by atoms with van der Waals surface area (Å²) in [5.41, 5.74) is 0.861. The molecule has 0 unspecified atom stereocenters. The first-order chi connectivity index (χ1) is 13.7. The summed E-state index contributed by atoms with van der Waals surface area (Å²) >= 11 is 1.40. The molecule has 0 spiro atoms. The quantitative estimate of drug-likeness (QED) is 0.730. The molecule has 3 aromatic rings. The smallest absolute Gasteiger partial charge is 0.409 e. The van der Waals surface area contributed by atoms with Crippen molar-refractivity contribution in [1.82, 2.24) is 19.8 Å². The Morgan fingerprint density at radius 1 is 1.25 bits per heavy atom. The van der Waals surface area contributed by atoms with E-state index in [2.05, 4.69) is 10.3 Å². The zero-order valence-corrected chi connectivity index (χ0v) is 16.4. The number of carbonyl (C=O) groups is 2. The Labute approximate surface area is 166 Å². The third-order valence-electron chi connectivity index (χ3n) is 4.87. The number of ether oxygens (including phenoxy) is 1. The number of nitrogens with zero attached hydrogens (tertiary/aromatic N) is 3. The third kappa shape index (κ3) is 3.60. The minimum Gasteiger partial charge on any atom is -0.450 e. The second-order valence-corrected chi connectivity index (χ2v) is 7.66. The Hall–Kier alpha value is -2.87. The van der Waals surface area contributed by atoms with Crippen LogP contribution in [0.3, 0.4) is 0 Å². The van der Waals surface area contributed by atoms with Gasteiger partial charge in [0.15, 0.2) is 0 Å². The van der Waals surface area contributed by atoms with E-state index in [-0.39, 0.29) is 18.0 Å². The van der Waals surface area contributed by atoms with E-state index in [1.165, 1.54) is 11.3 Å². The van der Waals surface area contributed by atoms with Crippen LogP contribution in [0.4, 0.5) is 4.79 Å². The van der Waals surface area contributed by atoms with Crippen LogP contribution in [0.15, 0.2) is 42.9 Å². The highest BCUT2D eigenvalue weighted by Gasteiger charge is 2.27. The number of hydrogen-bond acceptors (Lipinski definition) is 5. The van der Waals surface area contributed by atoms with Gasteiger partial charge in [-0.3, -0.25) is 4.79 Å². The highest BCUT2D eigenvalue weighted by molar-refractivity contribution is 7.21. The van der Waals surface area contributed by atoms with E-state index in [4.69, 9.17) is 4.74 Å². The third-order valence-corrected chi connectivity index (χ3v) is 5.97. The molecular formula is C20H22N4O3S. The van der Waals surface area contributed by atoms with Crippen LogP contribution in [-0.4, -0.2) is 52.2 Å². The molecule has 1 fully saturated rings. The molecule has 7 nitrogen and oxygen atoms in total. The number of rotatable bonds is 4. The molecule has 0 radical (unpaired) electrons. The van der Waals surface area contributed by atoms with E-state index in [9.17, 15) is 9.59 Å². The molecule has 0 bridgehead atoms. The molecule has 1 saturated heterocycles. The van der Waals surface area contributed by atoms with Crippen LogP contribution in [0.25, 0.3) is 15.9 Å². The van der Waals surface area contributed by atoms with E-state index in [0.29, 0.717) is 37.4 Å². The van der Waals surface area contributed by atoms with Crippen LogP contribution in [0, 0.1) is 0 Å². The predicted octanol–water partition coefficient (Wildman–Crippen LogP) is 3.44. The second kappa shape index (κ2) is 8.02. The maximum absolute atomic E-state index is 13.1. The number of fused-ring (bicyclic) bond motifs is 1. The molecule has 2 amide bonds. The number of carbonyl (C=O) groups excluding carboxylic acids is 2. The number of amides is 2. The average molecular weight is 398 g/mol. The molecule has 8 heteroatoms. The van der Waals surface area contributed by atoms with Crippen LogP contribution in [0.5, 0.6) is 0 Å². The summed E-state index contributed by atoms with van der Waals surface area (Å²) in [4.78, 5) is 32.5. The Morgan fingerprint density at radius 3 is 2.71 bits per heavy atom. The highest BCUT2D eigenvalue weighted by atomic mass is 32.1. The van der Waals surface area contributed by atoms with Gasteiger partial charge in [-0.15, -0.1) is 11.3 Å². The summed E-state index contributed by atoms with van der Waals surface area (Å²) in [7, 11) is 0. The lowest BCUT2D eigenvalue weighted by molar-refractivity contribution is 0.0863. The van der Waals surface area contributed by atoms with Crippen molar-refractivity contribution in [3.05, 3.63) is 47.7 Å². The van der Waals surface area contributed by atoms with Crippen LogP contribution < -0.4 is 5.32 Å². The molecule has 4 heterocycles. The molecule has 0 atom stereocenters. The van der Waals surface area contributed by atoms with Crippen molar-refractivity contribution in [2.45, 2.75) is 25.8 Å². The maximum atomic E-state index is 13.1. The first kappa shape index (κ1) is 18.5. The van der Waals surface area contributed by atoms with E-state index >= 15 is 0 Å². The Balaban J connectivity index is 1.51. The molecule has 1 N–H and O–H groups in total. The number of hydrogen-bond donors (Lipinski definition) is 1. The number of piperidine rings is 1. The lowest BCUT2D eigenvalue weighted by Crippen LogP contribution is -2.46. The molecule has 0 aliphatic carbocycles. The van der Waals surface area contributed by atoms with Gasteiger partial charge in [0.05, 0.1) is 12.3 Å². The fourth-order valence-corrected chi connectivity index (χ4v) is 4.53. The van der Waals surface area contributed by atoms with Gasteiger partial charge >= 0.3 is 6.09 Å². The standard InChI is InChI=1S/C20H22N4O3S/c1-2-27-20(26)24-12-7-14(8-13-24)22-18(25)17-16(23-10-3-4-11-23)15-6-5-9-21-19(15)28-17/h3-6,9-11,14H,2,7-8,12-13H2,1H3,(H,22,25). The summed E-state index contributed by atoms with van der Waals surface area (Å²) in [6, 6.07) is 7.78. The van der Waals surface area contributed by atoms with Gasteiger partial charge in [0.25, 0.3) is 5.91 Å². The summed E-state index contributed by atoms with van der Waals surface area (Å²) in [5.74, 6) is -0.0960. The molecular weight excluding hydrogens is 376 g/mol. The number of nitrogens with one attached hydrogen (secondary N) is 1. The Bertz CT molecular complexity index is 975. The molecule has 1 aliphatic heterocycles. The van der Waals surface area contributed by atoms with Crippen molar-refractivity contribution < 1.29 is 14.3 Å². The molecule has 3 aromatic heterocycles. The molecule has 28 heavy (non-hydrogen) atoms. The van der Waals surface area contributed by atoms with E-state index in [0.717, 1.165) is 15.9 Å². The van der Waals surface area contributed by atoms with Gasteiger partial charge in [-0.1, -0.05) is 0 Å². The lowest BCUT2D eigenvalue weighted by atomic mass is 10.1. The van der Waals surface area contributed by atoms with E-state index in [1.807, 2.05) is 41.2 Å². The number of pyridine rings is 1. The van der Waals surface area contributed by atoms with Gasteiger partial charge < -0.3 is 19.5 Å². The zero-order chi connectivity index (χ0) is 19.5. The van der Waals surface area contributed by atoms with Crippen molar-refractivity contribution in [3.63, 3.8) is 0 Å². The fraction of sp³-hybridized carbons (Fsp3) is 0.350. The minimum atomic E-state index is -0.280. The zero-order valence-electron chi connectivity index (χ0n) is 15.6. The molecule has 0 aromatic carbocycles. The van der Waals surface area contributed by atoms with E-state index < -0.39 is 0 Å². The van der Waals surface area contributed by atoms with Crippen LogP contribution in [0.2, 0.25) is 0 Å². The van der Waals surface area contributed by atoms with Crippen molar-refractivity contribution in [3.8, 4) is 5.69 Å².